The third kappa shape index (κ3) is 2.32. The van der Waals surface area contributed by atoms with E-state index in [2.05, 4.69) is 5.32 Å². The molecule has 0 spiro atoms. The lowest BCUT2D eigenvalue weighted by Gasteiger charge is -2.24. The van der Waals surface area contributed by atoms with Crippen LogP contribution in [0.2, 0.25) is 0 Å². The summed E-state index contributed by atoms with van der Waals surface area (Å²) in [6.45, 7) is 0.141. The number of carbonyl (C=O) groups is 3. The van der Waals surface area contributed by atoms with Gasteiger partial charge >= 0.3 is 0 Å². The second-order valence-electron chi connectivity index (χ2n) is 5.35. The summed E-state index contributed by atoms with van der Waals surface area (Å²) in [5.41, 5.74) is 0.811. The number of non-ortho nitro benzene ring substituents is 1. The Morgan fingerprint density at radius 1 is 1.27 bits per heavy atom. The molecule has 0 aromatic heterocycles. The first-order chi connectivity index (χ1) is 10.5. The summed E-state index contributed by atoms with van der Waals surface area (Å²) in [6, 6.07) is 3.32. The first kappa shape index (κ1) is 14.2. The van der Waals surface area contributed by atoms with Crippen LogP contribution in [0.15, 0.2) is 18.2 Å². The standard InChI is InChI=1S/C14H13N3O5/c18-12-3-1-2-11(13(19)15-12)16-7-8-6-9(17(21)22)4-5-10(8)14(16)20/h4-6,11H,1-3,7H2,(H,15,18,19)/t11-/m0/s1. The quantitative estimate of drug-likeness (QED) is 0.492. The molecule has 3 amide bonds. The zero-order valence-electron chi connectivity index (χ0n) is 11.6. The number of nitrogens with zero attached hydrogens (tertiary/aromatic N) is 2. The van der Waals surface area contributed by atoms with Crippen LogP contribution in [0.4, 0.5) is 5.69 Å². The molecule has 2 heterocycles. The molecule has 3 rings (SSSR count). The second-order valence-corrected chi connectivity index (χ2v) is 5.35. The fourth-order valence-corrected chi connectivity index (χ4v) is 2.86. The molecule has 0 unspecified atom stereocenters. The third-order valence-corrected chi connectivity index (χ3v) is 3.95. The summed E-state index contributed by atoms with van der Waals surface area (Å²) in [4.78, 5) is 47.5. The average molecular weight is 303 g/mol. The fraction of sp³-hybridized carbons (Fsp3) is 0.357. The minimum Gasteiger partial charge on any atom is -0.322 e. The topological polar surface area (TPSA) is 110 Å². The van der Waals surface area contributed by atoms with Crippen molar-refractivity contribution in [2.75, 3.05) is 0 Å². The molecule has 0 bridgehead atoms. The SMILES string of the molecule is O=C1CCC[C@H](N2Cc3cc([N+](=O)[O-])ccc3C2=O)C(=O)N1. The molecule has 1 aromatic carbocycles. The number of imide groups is 1. The molecule has 0 aliphatic carbocycles. The minimum atomic E-state index is -0.717. The van der Waals surface area contributed by atoms with Gasteiger partial charge in [-0.15, -0.1) is 0 Å². The molecule has 1 saturated heterocycles. The molecule has 1 atom stereocenters. The number of nitro benzene ring substituents is 1. The number of nitrogens with one attached hydrogen (secondary N) is 1. The summed E-state index contributed by atoms with van der Waals surface area (Å²) in [6.07, 6.45) is 1.17. The van der Waals surface area contributed by atoms with Gasteiger partial charge in [0.25, 0.3) is 11.6 Å². The van der Waals surface area contributed by atoms with E-state index in [1.54, 1.807) is 0 Å². The summed E-state index contributed by atoms with van der Waals surface area (Å²) >= 11 is 0. The predicted octanol–water partition coefficient (Wildman–Crippen LogP) is 0.746. The lowest BCUT2D eigenvalue weighted by Crippen LogP contribution is -2.46. The zero-order valence-corrected chi connectivity index (χ0v) is 11.6. The predicted molar refractivity (Wildman–Crippen MR) is 73.8 cm³/mol. The Morgan fingerprint density at radius 3 is 2.77 bits per heavy atom. The normalized spacial score (nSPS) is 21.4. The van der Waals surface area contributed by atoms with Gasteiger partial charge < -0.3 is 4.90 Å². The maximum atomic E-state index is 12.4. The Bertz CT molecular complexity index is 700. The molecule has 8 heteroatoms. The molecular weight excluding hydrogens is 290 g/mol. The lowest BCUT2D eigenvalue weighted by molar-refractivity contribution is -0.384. The highest BCUT2D eigenvalue weighted by Gasteiger charge is 2.38. The number of fused-ring (bicyclic) bond motifs is 1. The van der Waals surface area contributed by atoms with Gasteiger partial charge in [0.2, 0.25) is 11.8 Å². The maximum absolute atomic E-state index is 12.4. The van der Waals surface area contributed by atoms with E-state index in [1.807, 2.05) is 0 Å². The van der Waals surface area contributed by atoms with Crippen LogP contribution in [-0.4, -0.2) is 33.6 Å². The summed E-state index contributed by atoms with van der Waals surface area (Å²) in [7, 11) is 0. The van der Waals surface area contributed by atoms with Gasteiger partial charge in [-0.2, -0.15) is 0 Å². The van der Waals surface area contributed by atoms with E-state index < -0.39 is 16.9 Å². The fourth-order valence-electron chi connectivity index (χ4n) is 2.86. The van der Waals surface area contributed by atoms with E-state index in [4.69, 9.17) is 0 Å². The summed E-state index contributed by atoms with van der Waals surface area (Å²) < 4.78 is 0. The molecule has 1 fully saturated rings. The number of nitro groups is 1. The molecule has 2 aliphatic rings. The van der Waals surface area contributed by atoms with Gasteiger partial charge in [-0.3, -0.25) is 29.8 Å². The van der Waals surface area contributed by atoms with Crippen molar-refractivity contribution in [3.05, 3.63) is 39.4 Å². The molecule has 2 aliphatic heterocycles. The Morgan fingerprint density at radius 2 is 2.05 bits per heavy atom. The highest BCUT2D eigenvalue weighted by atomic mass is 16.6. The molecule has 0 saturated carbocycles. The first-order valence-corrected chi connectivity index (χ1v) is 6.89. The van der Waals surface area contributed by atoms with Crippen LogP contribution in [0.25, 0.3) is 0 Å². The number of amides is 3. The summed E-state index contributed by atoms with van der Waals surface area (Å²) in [5.74, 6) is -1.16. The van der Waals surface area contributed by atoms with Crippen molar-refractivity contribution in [1.29, 1.82) is 0 Å². The van der Waals surface area contributed by atoms with E-state index in [0.29, 0.717) is 24.0 Å². The van der Waals surface area contributed by atoms with Gasteiger partial charge in [0.05, 0.1) is 4.92 Å². The first-order valence-electron chi connectivity index (χ1n) is 6.89. The van der Waals surface area contributed by atoms with Crippen LogP contribution in [0.1, 0.15) is 35.2 Å². The van der Waals surface area contributed by atoms with Crippen LogP contribution < -0.4 is 5.32 Å². The molecule has 114 valence electrons. The Hall–Kier alpha value is -2.77. The van der Waals surface area contributed by atoms with Crippen molar-refractivity contribution in [1.82, 2.24) is 10.2 Å². The van der Waals surface area contributed by atoms with Crippen LogP contribution in [-0.2, 0) is 16.1 Å². The monoisotopic (exact) mass is 303 g/mol. The minimum absolute atomic E-state index is 0.0890. The van der Waals surface area contributed by atoms with E-state index in [0.717, 1.165) is 0 Å². The number of hydrogen-bond acceptors (Lipinski definition) is 5. The zero-order chi connectivity index (χ0) is 15.9. The molecule has 1 N–H and O–H groups in total. The van der Waals surface area contributed by atoms with Crippen molar-refractivity contribution in [2.45, 2.75) is 31.8 Å². The molecule has 22 heavy (non-hydrogen) atoms. The molecular formula is C14H13N3O5. The van der Waals surface area contributed by atoms with Crippen molar-refractivity contribution < 1.29 is 19.3 Å². The number of benzene rings is 1. The van der Waals surface area contributed by atoms with Crippen LogP contribution in [0, 0.1) is 10.1 Å². The van der Waals surface area contributed by atoms with Crippen LogP contribution in [0.3, 0.4) is 0 Å². The van der Waals surface area contributed by atoms with E-state index in [1.165, 1.54) is 23.1 Å². The van der Waals surface area contributed by atoms with Gasteiger partial charge in [0.15, 0.2) is 0 Å². The number of hydrogen-bond donors (Lipinski definition) is 1. The van der Waals surface area contributed by atoms with E-state index in [9.17, 15) is 24.5 Å². The van der Waals surface area contributed by atoms with Crippen LogP contribution in [0.5, 0.6) is 0 Å². The second kappa shape index (κ2) is 5.21. The van der Waals surface area contributed by atoms with Crippen molar-refractivity contribution in [2.24, 2.45) is 0 Å². The Labute approximate surface area is 125 Å². The van der Waals surface area contributed by atoms with Gasteiger partial charge in [0, 0.05) is 30.7 Å². The highest BCUT2D eigenvalue weighted by molar-refractivity contribution is 6.04. The lowest BCUT2D eigenvalue weighted by atomic mass is 10.1. The maximum Gasteiger partial charge on any atom is 0.269 e. The smallest absolute Gasteiger partial charge is 0.269 e. The van der Waals surface area contributed by atoms with E-state index >= 15 is 0 Å². The number of rotatable bonds is 2. The van der Waals surface area contributed by atoms with Crippen LogP contribution >= 0.6 is 0 Å². The highest BCUT2D eigenvalue weighted by Crippen LogP contribution is 2.29. The molecule has 8 nitrogen and oxygen atoms in total. The van der Waals surface area contributed by atoms with Crippen molar-refractivity contribution in [3.63, 3.8) is 0 Å². The van der Waals surface area contributed by atoms with Gasteiger partial charge in [-0.05, 0) is 24.5 Å². The molecule has 1 aromatic rings. The number of carbonyl (C=O) groups excluding carboxylic acids is 3. The largest absolute Gasteiger partial charge is 0.322 e. The Kier molecular flexibility index (Phi) is 3.36. The molecule has 0 radical (unpaired) electrons. The van der Waals surface area contributed by atoms with Gasteiger partial charge in [0.1, 0.15) is 6.04 Å². The summed E-state index contributed by atoms with van der Waals surface area (Å²) in [5, 5.41) is 13.1. The van der Waals surface area contributed by atoms with Gasteiger partial charge in [-0.25, -0.2) is 0 Å². The Balaban J connectivity index is 1.88. The van der Waals surface area contributed by atoms with E-state index in [-0.39, 0.29) is 30.5 Å². The van der Waals surface area contributed by atoms with Gasteiger partial charge in [-0.1, -0.05) is 0 Å². The average Bonchev–Trinajstić information content (AvgIpc) is 2.69. The third-order valence-electron chi connectivity index (χ3n) is 3.95. The van der Waals surface area contributed by atoms with Crippen molar-refractivity contribution in [3.8, 4) is 0 Å². The van der Waals surface area contributed by atoms with Crippen molar-refractivity contribution >= 4 is 23.4 Å².